The van der Waals surface area contributed by atoms with Crippen LogP contribution in [0.5, 0.6) is 5.75 Å². The average Bonchev–Trinajstić information content (AvgIpc) is 2.45. The maximum absolute atomic E-state index is 13.4. The van der Waals surface area contributed by atoms with Gasteiger partial charge < -0.3 is 10.1 Å². The molecule has 2 nitrogen and oxygen atoms in total. The zero-order valence-corrected chi connectivity index (χ0v) is 13.2. The second-order valence-electron chi connectivity index (χ2n) is 5.62. The first kappa shape index (κ1) is 16.5. The first-order valence-corrected chi connectivity index (χ1v) is 7.79. The third-order valence-electron chi connectivity index (χ3n) is 4.18. The Morgan fingerprint density at radius 3 is 2.62 bits per heavy atom. The van der Waals surface area contributed by atoms with Gasteiger partial charge in [-0.15, -0.1) is 0 Å². The van der Waals surface area contributed by atoms with Crippen LogP contribution < -0.4 is 10.1 Å². The molecule has 1 fully saturated rings. The number of benzene rings is 1. The van der Waals surface area contributed by atoms with E-state index >= 15 is 0 Å². The van der Waals surface area contributed by atoms with E-state index in [0.29, 0.717) is 17.9 Å². The van der Waals surface area contributed by atoms with Crippen LogP contribution >= 0.6 is 11.6 Å². The molecule has 1 aromatic rings. The molecule has 0 aromatic heterocycles. The third-order valence-corrected chi connectivity index (χ3v) is 4.42. The van der Waals surface area contributed by atoms with E-state index in [4.69, 9.17) is 16.3 Å². The van der Waals surface area contributed by atoms with Crippen molar-refractivity contribution < 1.29 is 13.5 Å². The molecule has 0 heterocycles. The normalized spacial score (nSPS) is 20.2. The van der Waals surface area contributed by atoms with E-state index in [0.717, 1.165) is 17.9 Å². The molecule has 1 aliphatic rings. The van der Waals surface area contributed by atoms with Gasteiger partial charge in [0.1, 0.15) is 5.75 Å². The van der Waals surface area contributed by atoms with E-state index in [1.165, 1.54) is 0 Å². The lowest BCUT2D eigenvalue weighted by Crippen LogP contribution is -2.34. The molecule has 0 spiro atoms. The number of ether oxygens (including phenoxy) is 1. The second-order valence-corrected chi connectivity index (χ2v) is 6.05. The molecule has 5 heteroatoms. The highest BCUT2D eigenvalue weighted by Gasteiger charge is 2.38. The van der Waals surface area contributed by atoms with Gasteiger partial charge in [-0.1, -0.05) is 18.5 Å². The number of halogens is 3. The first-order chi connectivity index (χ1) is 9.96. The van der Waals surface area contributed by atoms with Crippen LogP contribution in [0.2, 0.25) is 5.02 Å². The monoisotopic (exact) mass is 317 g/mol. The number of hydrogen-bond donors (Lipinski definition) is 1. The largest absolute Gasteiger partial charge is 0.496 e. The van der Waals surface area contributed by atoms with Crippen molar-refractivity contribution in [2.24, 2.45) is 5.92 Å². The van der Waals surface area contributed by atoms with E-state index in [1.54, 1.807) is 13.2 Å². The van der Waals surface area contributed by atoms with Crippen molar-refractivity contribution in [3.05, 3.63) is 28.8 Å². The molecular formula is C16H22ClF2NO. The summed E-state index contributed by atoms with van der Waals surface area (Å²) < 4.78 is 32.2. The zero-order chi connectivity index (χ0) is 15.5. The average molecular weight is 318 g/mol. The van der Waals surface area contributed by atoms with Crippen molar-refractivity contribution in [1.29, 1.82) is 0 Å². The lowest BCUT2D eigenvalue weighted by molar-refractivity contribution is -0.0497. The molecule has 21 heavy (non-hydrogen) atoms. The van der Waals surface area contributed by atoms with Gasteiger partial charge in [-0.25, -0.2) is 8.78 Å². The Hall–Kier alpha value is -0.870. The van der Waals surface area contributed by atoms with Gasteiger partial charge in [-0.3, -0.25) is 0 Å². The second kappa shape index (κ2) is 6.93. The van der Waals surface area contributed by atoms with Crippen LogP contribution in [0.4, 0.5) is 8.78 Å². The molecule has 0 amide bonds. The fourth-order valence-corrected chi connectivity index (χ4v) is 3.28. The summed E-state index contributed by atoms with van der Waals surface area (Å²) in [6, 6.07) is 5.49. The maximum Gasteiger partial charge on any atom is 0.248 e. The van der Waals surface area contributed by atoms with E-state index in [-0.39, 0.29) is 24.8 Å². The maximum atomic E-state index is 13.4. The number of alkyl halides is 2. The number of hydrogen-bond acceptors (Lipinski definition) is 2. The molecule has 0 bridgehead atoms. The number of rotatable bonds is 5. The van der Waals surface area contributed by atoms with Gasteiger partial charge in [-0.05, 0) is 43.5 Å². The highest BCUT2D eigenvalue weighted by atomic mass is 35.5. The van der Waals surface area contributed by atoms with Crippen LogP contribution in [0.25, 0.3) is 0 Å². The van der Waals surface area contributed by atoms with Gasteiger partial charge in [0.25, 0.3) is 0 Å². The summed E-state index contributed by atoms with van der Waals surface area (Å²) in [5.41, 5.74) is 0.960. The van der Waals surface area contributed by atoms with Crippen molar-refractivity contribution in [2.75, 3.05) is 13.7 Å². The molecule has 2 rings (SSSR count). The van der Waals surface area contributed by atoms with Crippen molar-refractivity contribution in [2.45, 2.75) is 44.6 Å². The van der Waals surface area contributed by atoms with Gasteiger partial charge >= 0.3 is 0 Å². The Bertz CT molecular complexity index is 471. The van der Waals surface area contributed by atoms with Gasteiger partial charge in [0.05, 0.1) is 7.11 Å². The highest BCUT2D eigenvalue weighted by Crippen LogP contribution is 2.43. The van der Waals surface area contributed by atoms with Crippen LogP contribution in [0, 0.1) is 5.92 Å². The minimum absolute atomic E-state index is 0.000231. The zero-order valence-electron chi connectivity index (χ0n) is 12.5. The Balaban J connectivity index is 2.25. The fourth-order valence-electron chi connectivity index (χ4n) is 3.09. The minimum Gasteiger partial charge on any atom is -0.496 e. The molecule has 1 unspecified atom stereocenters. The Kier molecular flexibility index (Phi) is 5.44. The molecule has 1 saturated carbocycles. The van der Waals surface area contributed by atoms with Gasteiger partial charge in [-0.2, -0.15) is 0 Å². The van der Waals surface area contributed by atoms with Crippen molar-refractivity contribution in [1.82, 2.24) is 5.32 Å². The smallest absolute Gasteiger partial charge is 0.248 e. The summed E-state index contributed by atoms with van der Waals surface area (Å²) in [4.78, 5) is 0. The summed E-state index contributed by atoms with van der Waals surface area (Å²) in [7, 11) is 1.62. The summed E-state index contributed by atoms with van der Waals surface area (Å²) in [5, 5.41) is 4.05. The molecule has 1 aromatic carbocycles. The molecule has 1 atom stereocenters. The Morgan fingerprint density at radius 2 is 2.05 bits per heavy atom. The number of nitrogens with one attached hydrogen (secondary N) is 1. The molecule has 0 aliphatic heterocycles. The lowest BCUT2D eigenvalue weighted by Gasteiger charge is -2.35. The SMILES string of the molecule is CCNC(c1cc(Cl)ccc1OC)C1CCC(F)(F)CC1. The quantitative estimate of drug-likeness (QED) is 0.840. The van der Waals surface area contributed by atoms with Crippen LogP contribution in [0.15, 0.2) is 18.2 Å². The topological polar surface area (TPSA) is 21.3 Å². The molecule has 1 aliphatic carbocycles. The van der Waals surface area contributed by atoms with Gasteiger partial charge in [0.2, 0.25) is 5.92 Å². The van der Waals surface area contributed by atoms with E-state index in [1.807, 2.05) is 19.1 Å². The highest BCUT2D eigenvalue weighted by molar-refractivity contribution is 6.30. The van der Waals surface area contributed by atoms with Crippen molar-refractivity contribution >= 4 is 11.6 Å². The van der Waals surface area contributed by atoms with E-state index in [9.17, 15) is 8.78 Å². The first-order valence-electron chi connectivity index (χ1n) is 7.41. The summed E-state index contributed by atoms with van der Waals surface area (Å²) in [5.74, 6) is -1.58. The molecule has 118 valence electrons. The Labute approximate surface area is 129 Å². The van der Waals surface area contributed by atoms with Crippen LogP contribution in [-0.4, -0.2) is 19.6 Å². The lowest BCUT2D eigenvalue weighted by atomic mass is 9.79. The van der Waals surface area contributed by atoms with Gasteiger partial charge in [0.15, 0.2) is 0 Å². The van der Waals surface area contributed by atoms with Crippen LogP contribution in [0.3, 0.4) is 0 Å². The molecule has 0 radical (unpaired) electrons. The van der Waals surface area contributed by atoms with E-state index < -0.39 is 5.92 Å². The van der Waals surface area contributed by atoms with Crippen molar-refractivity contribution in [3.63, 3.8) is 0 Å². The van der Waals surface area contributed by atoms with Crippen LogP contribution in [0.1, 0.15) is 44.2 Å². The molecular weight excluding hydrogens is 296 g/mol. The standard InChI is InChI=1S/C16H22ClF2NO/c1-3-20-15(11-6-8-16(18,19)9-7-11)13-10-12(17)4-5-14(13)21-2/h4-5,10-11,15,20H,3,6-9H2,1-2H3. The third kappa shape index (κ3) is 4.07. The van der Waals surface area contributed by atoms with Crippen LogP contribution in [-0.2, 0) is 0 Å². The molecule has 0 saturated heterocycles. The predicted molar refractivity (Wildman–Crippen MR) is 81.3 cm³/mol. The molecule has 1 N–H and O–H groups in total. The van der Waals surface area contributed by atoms with Crippen molar-refractivity contribution in [3.8, 4) is 5.75 Å². The summed E-state index contributed by atoms with van der Waals surface area (Å²) in [6.45, 7) is 2.79. The fraction of sp³-hybridized carbons (Fsp3) is 0.625. The summed E-state index contributed by atoms with van der Waals surface area (Å²) >= 11 is 6.10. The number of methoxy groups -OCH3 is 1. The predicted octanol–water partition coefficient (Wildman–Crippen LogP) is 4.82. The summed E-state index contributed by atoms with van der Waals surface area (Å²) in [6.07, 6.45) is 0.950. The van der Waals surface area contributed by atoms with Gasteiger partial charge in [0, 0.05) is 29.5 Å². The Morgan fingerprint density at radius 1 is 1.38 bits per heavy atom. The van der Waals surface area contributed by atoms with E-state index in [2.05, 4.69) is 5.32 Å². The minimum atomic E-state index is -2.51.